The highest BCUT2D eigenvalue weighted by atomic mass is 35.5. The van der Waals surface area contributed by atoms with E-state index >= 15 is 0 Å². The monoisotopic (exact) mass is 266 g/mol. The van der Waals surface area contributed by atoms with Crippen LogP contribution >= 0.6 is 12.4 Å². The summed E-state index contributed by atoms with van der Waals surface area (Å²) < 4.78 is 0. The SMILES string of the molecule is CNC1CCN(C2CCCc3ccccc32)C1.Cl. The molecule has 0 aromatic heterocycles. The summed E-state index contributed by atoms with van der Waals surface area (Å²) in [7, 11) is 2.09. The Balaban J connectivity index is 0.00000120. The third-order valence-electron chi connectivity index (χ3n) is 4.41. The molecule has 2 nitrogen and oxygen atoms in total. The summed E-state index contributed by atoms with van der Waals surface area (Å²) in [5.41, 5.74) is 3.17. The Labute approximate surface area is 116 Å². The van der Waals surface area contributed by atoms with E-state index in [4.69, 9.17) is 0 Å². The lowest BCUT2D eigenvalue weighted by Crippen LogP contribution is -2.33. The van der Waals surface area contributed by atoms with Crippen LogP contribution in [0.2, 0.25) is 0 Å². The number of nitrogens with one attached hydrogen (secondary N) is 1. The second kappa shape index (κ2) is 6.05. The van der Waals surface area contributed by atoms with Gasteiger partial charge in [0, 0.05) is 25.2 Å². The van der Waals surface area contributed by atoms with Gasteiger partial charge in [-0.25, -0.2) is 0 Å². The van der Waals surface area contributed by atoms with Crippen LogP contribution in [0.4, 0.5) is 0 Å². The largest absolute Gasteiger partial charge is 0.316 e. The Morgan fingerprint density at radius 3 is 2.83 bits per heavy atom. The van der Waals surface area contributed by atoms with Gasteiger partial charge in [0.15, 0.2) is 0 Å². The van der Waals surface area contributed by atoms with Crippen LogP contribution in [0.5, 0.6) is 0 Å². The Hall–Kier alpha value is -0.570. The molecule has 0 spiro atoms. The first kappa shape index (κ1) is 13.9. The van der Waals surface area contributed by atoms with Crippen LogP contribution in [0.25, 0.3) is 0 Å². The molecule has 1 heterocycles. The highest BCUT2D eigenvalue weighted by Crippen LogP contribution is 2.35. The molecule has 18 heavy (non-hydrogen) atoms. The maximum absolute atomic E-state index is 3.42. The molecular formula is C15H23ClN2. The zero-order chi connectivity index (χ0) is 11.7. The predicted molar refractivity (Wildman–Crippen MR) is 78.4 cm³/mol. The van der Waals surface area contributed by atoms with E-state index in [0.29, 0.717) is 12.1 Å². The van der Waals surface area contributed by atoms with Crippen molar-refractivity contribution in [1.29, 1.82) is 0 Å². The van der Waals surface area contributed by atoms with Crippen LogP contribution in [0.15, 0.2) is 24.3 Å². The van der Waals surface area contributed by atoms with Crippen molar-refractivity contribution >= 4 is 12.4 Å². The molecule has 1 N–H and O–H groups in total. The van der Waals surface area contributed by atoms with Crippen LogP contribution in [0.1, 0.15) is 36.4 Å². The van der Waals surface area contributed by atoms with Crippen molar-refractivity contribution in [2.45, 2.75) is 37.8 Å². The number of fused-ring (bicyclic) bond motifs is 1. The van der Waals surface area contributed by atoms with Crippen LogP contribution in [-0.2, 0) is 6.42 Å². The number of benzene rings is 1. The first-order chi connectivity index (χ1) is 8.38. The third-order valence-corrected chi connectivity index (χ3v) is 4.41. The molecule has 1 aliphatic heterocycles. The minimum absolute atomic E-state index is 0. The lowest BCUT2D eigenvalue weighted by Gasteiger charge is -2.33. The number of likely N-dealkylation sites (N-methyl/N-ethyl adjacent to an activating group) is 1. The van der Waals surface area contributed by atoms with Gasteiger partial charge in [-0.3, -0.25) is 4.90 Å². The summed E-state index contributed by atoms with van der Waals surface area (Å²) in [5, 5.41) is 3.42. The minimum atomic E-state index is 0. The fraction of sp³-hybridized carbons (Fsp3) is 0.600. The molecule has 1 saturated heterocycles. The summed E-state index contributed by atoms with van der Waals surface area (Å²) in [6, 6.07) is 10.4. The molecular weight excluding hydrogens is 244 g/mol. The molecule has 2 aliphatic rings. The summed E-state index contributed by atoms with van der Waals surface area (Å²) in [5.74, 6) is 0. The van der Waals surface area contributed by atoms with Crippen LogP contribution < -0.4 is 5.32 Å². The van der Waals surface area contributed by atoms with Crippen molar-refractivity contribution < 1.29 is 0 Å². The van der Waals surface area contributed by atoms with Crippen LogP contribution in [0, 0.1) is 0 Å². The molecule has 0 amide bonds. The van der Waals surface area contributed by atoms with Crippen molar-refractivity contribution in [3.05, 3.63) is 35.4 Å². The number of rotatable bonds is 2. The topological polar surface area (TPSA) is 15.3 Å². The average molecular weight is 267 g/mol. The number of likely N-dealkylation sites (tertiary alicyclic amines) is 1. The van der Waals surface area contributed by atoms with Gasteiger partial charge in [-0.05, 0) is 43.9 Å². The van der Waals surface area contributed by atoms with Gasteiger partial charge in [0.25, 0.3) is 0 Å². The lowest BCUT2D eigenvalue weighted by molar-refractivity contribution is 0.217. The van der Waals surface area contributed by atoms with Gasteiger partial charge in [-0.2, -0.15) is 0 Å². The maximum Gasteiger partial charge on any atom is 0.0351 e. The van der Waals surface area contributed by atoms with E-state index in [-0.39, 0.29) is 12.4 Å². The molecule has 3 rings (SSSR count). The predicted octanol–water partition coefficient (Wildman–Crippen LogP) is 2.78. The fourth-order valence-corrected chi connectivity index (χ4v) is 3.41. The molecule has 100 valence electrons. The minimum Gasteiger partial charge on any atom is -0.316 e. The smallest absolute Gasteiger partial charge is 0.0351 e. The molecule has 3 heteroatoms. The van der Waals surface area contributed by atoms with E-state index < -0.39 is 0 Å². The normalized spacial score (nSPS) is 27.6. The van der Waals surface area contributed by atoms with Crippen molar-refractivity contribution in [2.24, 2.45) is 0 Å². The second-order valence-electron chi connectivity index (χ2n) is 5.38. The second-order valence-corrected chi connectivity index (χ2v) is 5.38. The zero-order valence-electron chi connectivity index (χ0n) is 11.1. The van der Waals surface area contributed by atoms with Crippen molar-refractivity contribution in [3.63, 3.8) is 0 Å². The van der Waals surface area contributed by atoms with Crippen molar-refractivity contribution in [2.75, 3.05) is 20.1 Å². The Bertz CT molecular complexity index is 394. The van der Waals surface area contributed by atoms with Crippen molar-refractivity contribution in [1.82, 2.24) is 10.2 Å². The third kappa shape index (κ3) is 2.56. The number of hydrogen-bond acceptors (Lipinski definition) is 2. The molecule has 0 bridgehead atoms. The van der Waals surface area contributed by atoms with E-state index in [2.05, 4.69) is 41.5 Å². The van der Waals surface area contributed by atoms with E-state index in [1.807, 2.05) is 0 Å². The zero-order valence-corrected chi connectivity index (χ0v) is 11.9. The van der Waals surface area contributed by atoms with E-state index in [9.17, 15) is 0 Å². The Kier molecular flexibility index (Phi) is 4.66. The summed E-state index contributed by atoms with van der Waals surface area (Å²) in [4.78, 5) is 2.68. The number of aryl methyl sites for hydroxylation is 1. The van der Waals surface area contributed by atoms with Gasteiger partial charge in [-0.15, -0.1) is 12.4 Å². The number of hydrogen-bond donors (Lipinski definition) is 1. The summed E-state index contributed by atoms with van der Waals surface area (Å²) >= 11 is 0. The van der Waals surface area contributed by atoms with E-state index in [1.54, 1.807) is 11.1 Å². The van der Waals surface area contributed by atoms with Crippen LogP contribution in [0.3, 0.4) is 0 Å². The van der Waals surface area contributed by atoms with Gasteiger partial charge in [0.1, 0.15) is 0 Å². The summed E-state index contributed by atoms with van der Waals surface area (Å²) in [6.45, 7) is 2.47. The van der Waals surface area contributed by atoms with Gasteiger partial charge in [-0.1, -0.05) is 24.3 Å². The number of halogens is 1. The van der Waals surface area contributed by atoms with Gasteiger partial charge < -0.3 is 5.32 Å². The van der Waals surface area contributed by atoms with Gasteiger partial charge >= 0.3 is 0 Å². The average Bonchev–Trinajstić information content (AvgIpc) is 2.87. The Morgan fingerprint density at radius 2 is 2.06 bits per heavy atom. The molecule has 2 unspecified atom stereocenters. The van der Waals surface area contributed by atoms with Crippen LogP contribution in [-0.4, -0.2) is 31.1 Å². The fourth-order valence-electron chi connectivity index (χ4n) is 3.41. The molecule has 0 radical (unpaired) electrons. The maximum atomic E-state index is 3.42. The first-order valence-corrected chi connectivity index (χ1v) is 6.87. The van der Waals surface area contributed by atoms with E-state index in [1.165, 1.54) is 38.8 Å². The van der Waals surface area contributed by atoms with Crippen molar-refractivity contribution in [3.8, 4) is 0 Å². The molecule has 2 atom stereocenters. The van der Waals surface area contributed by atoms with Gasteiger partial charge in [0.05, 0.1) is 0 Å². The molecule has 0 saturated carbocycles. The highest BCUT2D eigenvalue weighted by Gasteiger charge is 2.30. The quantitative estimate of drug-likeness (QED) is 0.886. The van der Waals surface area contributed by atoms with Gasteiger partial charge in [0.2, 0.25) is 0 Å². The first-order valence-electron chi connectivity index (χ1n) is 6.87. The standard InChI is InChI=1S/C15H22N2.ClH/c1-16-13-9-10-17(11-13)15-8-4-6-12-5-2-3-7-14(12)15;/h2-3,5,7,13,15-16H,4,6,8-11H2,1H3;1H. The molecule has 1 fully saturated rings. The lowest BCUT2D eigenvalue weighted by atomic mass is 9.87. The summed E-state index contributed by atoms with van der Waals surface area (Å²) in [6.07, 6.45) is 5.26. The number of nitrogens with zero attached hydrogens (tertiary/aromatic N) is 1. The molecule has 1 aromatic carbocycles. The van der Waals surface area contributed by atoms with E-state index in [0.717, 1.165) is 0 Å². The molecule has 1 aliphatic carbocycles. The Morgan fingerprint density at radius 1 is 1.22 bits per heavy atom. The highest BCUT2D eigenvalue weighted by molar-refractivity contribution is 5.85. The molecule has 1 aromatic rings.